The van der Waals surface area contributed by atoms with Gasteiger partial charge in [-0.1, -0.05) is 18.5 Å². The average molecular weight is 555 g/mol. The number of rotatable bonds is 6. The summed E-state index contributed by atoms with van der Waals surface area (Å²) in [5, 5.41) is 18.8. The van der Waals surface area contributed by atoms with Gasteiger partial charge in [-0.25, -0.2) is 23.5 Å². The quantitative estimate of drug-likeness (QED) is 0.313. The van der Waals surface area contributed by atoms with E-state index < -0.39 is 28.7 Å². The minimum Gasteiger partial charge on any atom is -0.465 e. The second kappa shape index (κ2) is 10.3. The van der Waals surface area contributed by atoms with Crippen molar-refractivity contribution >= 4 is 23.3 Å². The monoisotopic (exact) mass is 554 g/mol. The second-order valence-corrected chi connectivity index (χ2v) is 10.1. The number of aromatic nitrogens is 4. The number of nitrogens with zero attached hydrogens (tertiary/aromatic N) is 5. The van der Waals surface area contributed by atoms with E-state index in [1.54, 1.807) is 23.6 Å². The van der Waals surface area contributed by atoms with Crippen LogP contribution in [0.3, 0.4) is 0 Å². The predicted molar refractivity (Wildman–Crippen MR) is 139 cm³/mol. The number of carbonyl (C=O) groups is 1. The number of imidazole rings is 2. The molecule has 2 atom stereocenters. The molecular formula is C27H25ClF2N6O3. The molecule has 0 aliphatic carbocycles. The highest BCUT2D eigenvalue weighted by molar-refractivity contribution is 6.25. The van der Waals surface area contributed by atoms with E-state index in [4.69, 9.17) is 16.3 Å². The highest BCUT2D eigenvalue weighted by Gasteiger charge is 2.31. The van der Waals surface area contributed by atoms with E-state index in [1.165, 1.54) is 11.1 Å². The Balaban J connectivity index is 1.56. The number of nitrogens with one attached hydrogen (secondary N) is 1. The highest BCUT2D eigenvalue weighted by Crippen LogP contribution is 2.35. The van der Waals surface area contributed by atoms with Crippen LogP contribution in [0.25, 0.3) is 28.3 Å². The van der Waals surface area contributed by atoms with Crippen LogP contribution in [0.15, 0.2) is 36.7 Å². The summed E-state index contributed by atoms with van der Waals surface area (Å²) in [6.07, 6.45) is 2.13. The number of morpholine rings is 1. The van der Waals surface area contributed by atoms with Gasteiger partial charge in [-0.2, -0.15) is 5.26 Å². The van der Waals surface area contributed by atoms with Crippen LogP contribution in [0, 0.1) is 29.9 Å². The number of pyridine rings is 1. The number of halogens is 3. The van der Waals surface area contributed by atoms with E-state index in [2.05, 4.69) is 15.0 Å². The summed E-state index contributed by atoms with van der Waals surface area (Å²) in [6.45, 7) is 4.22. The molecule has 1 aliphatic heterocycles. The van der Waals surface area contributed by atoms with Gasteiger partial charge >= 0.3 is 6.09 Å². The normalized spacial score (nSPS) is 17.2. The Hall–Kier alpha value is -4.01. The van der Waals surface area contributed by atoms with Gasteiger partial charge in [-0.15, -0.1) is 0 Å². The van der Waals surface area contributed by atoms with Crippen molar-refractivity contribution in [2.45, 2.75) is 37.7 Å². The van der Waals surface area contributed by atoms with Crippen molar-refractivity contribution in [3.63, 3.8) is 0 Å². The smallest absolute Gasteiger partial charge is 0.407 e. The molecule has 4 heterocycles. The third-order valence-electron chi connectivity index (χ3n) is 6.91. The molecule has 1 aromatic carbocycles. The fourth-order valence-electron chi connectivity index (χ4n) is 4.75. The lowest BCUT2D eigenvalue weighted by atomic mass is 10.0. The van der Waals surface area contributed by atoms with Crippen LogP contribution in [-0.2, 0) is 16.0 Å². The lowest BCUT2D eigenvalue weighted by molar-refractivity contribution is -0.0214. The van der Waals surface area contributed by atoms with Crippen molar-refractivity contribution in [2.75, 3.05) is 19.7 Å². The number of hydrogen-bond donors (Lipinski definition) is 2. The number of aromatic amines is 1. The number of benzene rings is 1. The van der Waals surface area contributed by atoms with E-state index in [0.717, 1.165) is 17.7 Å². The van der Waals surface area contributed by atoms with Gasteiger partial charge in [0.1, 0.15) is 23.1 Å². The van der Waals surface area contributed by atoms with Crippen LogP contribution in [0.4, 0.5) is 13.6 Å². The molecule has 1 amide bonds. The predicted octanol–water partition coefficient (Wildman–Crippen LogP) is 5.27. The second-order valence-electron chi connectivity index (χ2n) is 9.48. The SMILES string of the molecule is CCC(Cl)(C#N)c1c[nH]c(-c2cc(F)c(-c3nc4cc(C)ccn4c3CC3CN(C(=O)O)CCO3)c(F)c2)n1. The molecule has 1 fully saturated rings. The minimum absolute atomic E-state index is 0.105. The summed E-state index contributed by atoms with van der Waals surface area (Å²) in [5.74, 6) is -1.54. The molecule has 2 N–H and O–H groups in total. The maximum absolute atomic E-state index is 15.7. The average Bonchev–Trinajstić information content (AvgIpc) is 3.54. The van der Waals surface area contributed by atoms with Gasteiger partial charge in [-0.3, -0.25) is 0 Å². The Morgan fingerprint density at radius 1 is 1.33 bits per heavy atom. The van der Waals surface area contributed by atoms with Crippen molar-refractivity contribution < 1.29 is 23.4 Å². The van der Waals surface area contributed by atoms with E-state index in [9.17, 15) is 15.2 Å². The fraction of sp³-hybridized carbons (Fsp3) is 0.333. The van der Waals surface area contributed by atoms with Crippen LogP contribution in [0.1, 0.15) is 30.3 Å². The summed E-state index contributed by atoms with van der Waals surface area (Å²) < 4.78 is 38.9. The molecule has 0 radical (unpaired) electrons. The molecule has 39 heavy (non-hydrogen) atoms. The molecule has 202 valence electrons. The largest absolute Gasteiger partial charge is 0.465 e. The van der Waals surface area contributed by atoms with Crippen LogP contribution >= 0.6 is 11.6 Å². The first kappa shape index (κ1) is 26.6. The summed E-state index contributed by atoms with van der Waals surface area (Å²) in [6, 6.07) is 7.96. The molecule has 0 saturated carbocycles. The summed E-state index contributed by atoms with van der Waals surface area (Å²) in [4.78, 5) is 23.1. The Kier molecular flexibility index (Phi) is 7.01. The van der Waals surface area contributed by atoms with E-state index in [0.29, 0.717) is 17.8 Å². The molecule has 4 aromatic rings. The van der Waals surface area contributed by atoms with Crippen molar-refractivity contribution in [3.8, 4) is 28.7 Å². The van der Waals surface area contributed by atoms with Gasteiger partial charge in [0, 0.05) is 30.9 Å². The number of H-pyrrole nitrogens is 1. The fourth-order valence-corrected chi connectivity index (χ4v) is 4.85. The molecule has 1 aliphatic rings. The molecule has 0 bridgehead atoms. The minimum atomic E-state index is -1.35. The van der Waals surface area contributed by atoms with Crippen molar-refractivity contribution in [2.24, 2.45) is 0 Å². The van der Waals surface area contributed by atoms with Crippen LogP contribution in [0.5, 0.6) is 0 Å². The maximum atomic E-state index is 15.7. The Morgan fingerprint density at radius 3 is 2.74 bits per heavy atom. The zero-order chi connectivity index (χ0) is 27.9. The van der Waals surface area contributed by atoms with Crippen LogP contribution in [-0.4, -0.2) is 61.3 Å². The molecule has 2 unspecified atom stereocenters. The van der Waals surface area contributed by atoms with Gasteiger partial charge in [0.2, 0.25) is 0 Å². The topological polar surface area (TPSA) is 120 Å². The van der Waals surface area contributed by atoms with Gasteiger partial charge < -0.3 is 24.1 Å². The third-order valence-corrected chi connectivity index (χ3v) is 7.46. The van der Waals surface area contributed by atoms with E-state index >= 15 is 8.78 Å². The number of amides is 1. The van der Waals surface area contributed by atoms with Gasteiger partial charge in [0.15, 0.2) is 4.87 Å². The number of hydrogen-bond acceptors (Lipinski definition) is 5. The molecule has 9 nitrogen and oxygen atoms in total. The van der Waals surface area contributed by atoms with E-state index in [-0.39, 0.29) is 54.5 Å². The molecule has 12 heteroatoms. The van der Waals surface area contributed by atoms with Gasteiger partial charge in [0.05, 0.1) is 48.0 Å². The molecule has 0 spiro atoms. The molecule has 5 rings (SSSR count). The standard InChI is InChI=1S/C27H25ClF2N6O3/c1-3-27(28,14-31)21-12-32-25(33-21)16-9-18(29)23(19(30)10-16)24-20(36-5-4-15(2)8-22(36)34-24)11-17-13-35(26(37)38)6-7-39-17/h4-5,8-10,12,17H,3,6-7,11,13H2,1-2H3,(H,32,33)(H,37,38). The van der Waals surface area contributed by atoms with Crippen molar-refractivity contribution in [3.05, 3.63) is 65.2 Å². The zero-order valence-corrected chi connectivity index (χ0v) is 22.0. The number of carboxylic acid groups (broad SMARTS) is 1. The summed E-state index contributed by atoms with van der Waals surface area (Å²) >= 11 is 6.33. The first-order valence-corrected chi connectivity index (χ1v) is 12.7. The first-order chi connectivity index (χ1) is 18.6. The molecule has 1 saturated heterocycles. The van der Waals surface area contributed by atoms with Crippen molar-refractivity contribution in [1.29, 1.82) is 5.26 Å². The van der Waals surface area contributed by atoms with Crippen molar-refractivity contribution in [1.82, 2.24) is 24.3 Å². The third kappa shape index (κ3) is 4.93. The lowest BCUT2D eigenvalue weighted by Gasteiger charge is -2.31. The number of aryl methyl sites for hydroxylation is 1. The number of nitriles is 1. The Morgan fingerprint density at radius 2 is 2.08 bits per heavy atom. The molecule has 3 aromatic heterocycles. The number of ether oxygens (including phenoxy) is 1. The maximum Gasteiger partial charge on any atom is 0.407 e. The summed E-state index contributed by atoms with van der Waals surface area (Å²) in [5.41, 5.74) is 2.10. The first-order valence-electron chi connectivity index (χ1n) is 12.4. The van der Waals surface area contributed by atoms with Gasteiger partial charge in [0.25, 0.3) is 0 Å². The van der Waals surface area contributed by atoms with Gasteiger partial charge in [-0.05, 0) is 43.2 Å². The number of alkyl halides is 1. The van der Waals surface area contributed by atoms with Crippen LogP contribution < -0.4 is 0 Å². The Bertz CT molecular complexity index is 1590. The molecular weight excluding hydrogens is 530 g/mol. The highest BCUT2D eigenvalue weighted by atomic mass is 35.5. The lowest BCUT2D eigenvalue weighted by Crippen LogP contribution is -2.45. The number of fused-ring (bicyclic) bond motifs is 1. The van der Waals surface area contributed by atoms with Crippen LogP contribution in [0.2, 0.25) is 0 Å². The zero-order valence-electron chi connectivity index (χ0n) is 21.2. The summed E-state index contributed by atoms with van der Waals surface area (Å²) in [7, 11) is 0. The van der Waals surface area contributed by atoms with E-state index in [1.807, 2.05) is 19.1 Å². The Labute approximate surface area is 227 Å².